The first-order valence-electron chi connectivity index (χ1n) is 14.4. The average Bonchev–Trinajstić information content (AvgIpc) is 2.99. The molecule has 1 atom stereocenters. The molecule has 1 aliphatic rings. The average molecular weight is 586 g/mol. The number of ether oxygens (including phenoxy) is 1. The molecule has 3 aromatic rings. The third-order valence-corrected chi connectivity index (χ3v) is 6.64. The number of rotatable bonds is 13. The highest BCUT2D eigenvalue weighted by atomic mass is 16.5. The SMILES string of the molecule is CC(=O)O.CCCc1cccc(Oc2ccc(CC(NC(=O)CNC=O)C(=O)NCc3cccc4c3C=CCC4)cc2)c1. The van der Waals surface area contributed by atoms with E-state index in [4.69, 9.17) is 14.6 Å². The third-order valence-electron chi connectivity index (χ3n) is 6.64. The Kier molecular flexibility index (Phi) is 13.0. The summed E-state index contributed by atoms with van der Waals surface area (Å²) < 4.78 is 6.02. The van der Waals surface area contributed by atoms with Gasteiger partial charge < -0.3 is 25.8 Å². The van der Waals surface area contributed by atoms with Crippen molar-refractivity contribution >= 4 is 30.3 Å². The standard InChI is InChI=1S/C32H35N3O4.C2H4O2/c1-2-7-23-8-5-12-28(18-23)39-27-16-14-24(15-17-27)19-30(35-31(37)21-33-22-36)32(38)34-20-26-11-6-10-25-9-3-4-13-29(25)26;1-2(3)4/h4-6,8,10-18,22,30H,2-3,7,9,19-21H2,1H3,(H,33,36)(H,34,38)(H,35,37);1H3,(H,3,4). The summed E-state index contributed by atoms with van der Waals surface area (Å²) in [5.74, 6) is -0.0949. The zero-order chi connectivity index (χ0) is 31.0. The number of allylic oxidation sites excluding steroid dienone is 1. The molecule has 0 saturated carbocycles. The van der Waals surface area contributed by atoms with Crippen LogP contribution in [0.4, 0.5) is 0 Å². The monoisotopic (exact) mass is 585 g/mol. The number of nitrogens with one attached hydrogen (secondary N) is 3. The maximum absolute atomic E-state index is 13.2. The van der Waals surface area contributed by atoms with Crippen molar-refractivity contribution in [3.63, 3.8) is 0 Å². The van der Waals surface area contributed by atoms with Crippen LogP contribution in [0.5, 0.6) is 11.5 Å². The Morgan fingerprint density at radius 1 is 1.00 bits per heavy atom. The molecule has 43 heavy (non-hydrogen) atoms. The number of carboxylic acids is 1. The van der Waals surface area contributed by atoms with Crippen LogP contribution in [0.2, 0.25) is 0 Å². The summed E-state index contributed by atoms with van der Waals surface area (Å²) in [6.45, 7) is 3.39. The van der Waals surface area contributed by atoms with E-state index in [1.165, 1.54) is 11.1 Å². The zero-order valence-electron chi connectivity index (χ0n) is 24.6. The number of aliphatic carboxylic acids is 1. The Morgan fingerprint density at radius 3 is 2.47 bits per heavy atom. The van der Waals surface area contributed by atoms with Crippen molar-refractivity contribution in [2.75, 3.05) is 6.54 Å². The molecular formula is C34H39N3O6. The molecule has 0 aliphatic heterocycles. The second-order valence-electron chi connectivity index (χ2n) is 10.1. The van der Waals surface area contributed by atoms with E-state index in [0.717, 1.165) is 55.0 Å². The van der Waals surface area contributed by atoms with E-state index in [0.29, 0.717) is 18.7 Å². The van der Waals surface area contributed by atoms with E-state index in [1.807, 2.05) is 54.6 Å². The van der Waals surface area contributed by atoms with Crippen LogP contribution in [-0.4, -0.2) is 41.9 Å². The molecule has 4 rings (SSSR count). The van der Waals surface area contributed by atoms with Crippen LogP contribution < -0.4 is 20.7 Å². The van der Waals surface area contributed by atoms with E-state index in [2.05, 4.69) is 47.2 Å². The van der Waals surface area contributed by atoms with Gasteiger partial charge in [-0.3, -0.25) is 19.2 Å². The molecule has 3 amide bonds. The molecule has 0 heterocycles. The fourth-order valence-electron chi connectivity index (χ4n) is 4.71. The lowest BCUT2D eigenvalue weighted by atomic mass is 9.93. The molecule has 3 aromatic carbocycles. The Morgan fingerprint density at radius 2 is 1.74 bits per heavy atom. The summed E-state index contributed by atoms with van der Waals surface area (Å²) in [4.78, 5) is 45.2. The van der Waals surface area contributed by atoms with Gasteiger partial charge in [-0.15, -0.1) is 0 Å². The number of carbonyl (C=O) groups excluding carboxylic acids is 3. The molecule has 0 radical (unpaired) electrons. The van der Waals surface area contributed by atoms with Crippen molar-refractivity contribution in [3.05, 3.63) is 101 Å². The normalized spacial score (nSPS) is 12.0. The van der Waals surface area contributed by atoms with Gasteiger partial charge in [0.1, 0.15) is 17.5 Å². The van der Waals surface area contributed by atoms with Crippen molar-refractivity contribution in [2.45, 2.75) is 58.5 Å². The number of hydrogen-bond acceptors (Lipinski definition) is 5. The molecule has 0 fully saturated rings. The number of aryl methyl sites for hydroxylation is 2. The molecule has 0 bridgehead atoms. The molecule has 0 saturated heterocycles. The van der Waals surface area contributed by atoms with Crippen LogP contribution in [0, 0.1) is 0 Å². The predicted molar refractivity (Wildman–Crippen MR) is 166 cm³/mol. The van der Waals surface area contributed by atoms with Crippen LogP contribution in [0.1, 0.15) is 54.5 Å². The van der Waals surface area contributed by atoms with Gasteiger partial charge in [0.25, 0.3) is 5.97 Å². The van der Waals surface area contributed by atoms with E-state index in [-0.39, 0.29) is 18.9 Å². The van der Waals surface area contributed by atoms with Crippen molar-refractivity contribution in [3.8, 4) is 11.5 Å². The minimum Gasteiger partial charge on any atom is -0.481 e. The summed E-state index contributed by atoms with van der Waals surface area (Å²) in [7, 11) is 0. The molecular weight excluding hydrogens is 546 g/mol. The maximum Gasteiger partial charge on any atom is 0.300 e. The van der Waals surface area contributed by atoms with Gasteiger partial charge in [-0.2, -0.15) is 0 Å². The van der Waals surface area contributed by atoms with Gasteiger partial charge in [0.05, 0.1) is 6.54 Å². The van der Waals surface area contributed by atoms with Crippen molar-refractivity contribution in [1.82, 2.24) is 16.0 Å². The van der Waals surface area contributed by atoms with Crippen molar-refractivity contribution in [2.24, 2.45) is 0 Å². The first-order valence-corrected chi connectivity index (χ1v) is 14.4. The van der Waals surface area contributed by atoms with Gasteiger partial charge in [-0.05, 0) is 71.3 Å². The van der Waals surface area contributed by atoms with Crippen LogP contribution in [-0.2, 0) is 45.0 Å². The fourth-order valence-corrected chi connectivity index (χ4v) is 4.71. The van der Waals surface area contributed by atoms with Gasteiger partial charge in [0, 0.05) is 19.9 Å². The molecule has 9 heteroatoms. The number of hydrogen-bond donors (Lipinski definition) is 4. The second kappa shape index (κ2) is 17.1. The van der Waals surface area contributed by atoms with Gasteiger partial charge in [-0.25, -0.2) is 0 Å². The molecule has 0 aromatic heterocycles. The van der Waals surface area contributed by atoms with E-state index in [1.54, 1.807) is 0 Å². The van der Waals surface area contributed by atoms with E-state index in [9.17, 15) is 14.4 Å². The Bertz CT molecular complexity index is 1410. The van der Waals surface area contributed by atoms with Gasteiger partial charge in [-0.1, -0.05) is 68.0 Å². The smallest absolute Gasteiger partial charge is 0.300 e. The van der Waals surface area contributed by atoms with Gasteiger partial charge in [0.15, 0.2) is 0 Å². The number of benzene rings is 3. The summed E-state index contributed by atoms with van der Waals surface area (Å²) in [5, 5.41) is 15.5. The lowest BCUT2D eigenvalue weighted by molar-refractivity contribution is -0.134. The second-order valence-corrected chi connectivity index (χ2v) is 10.1. The number of carbonyl (C=O) groups is 4. The minimum atomic E-state index is -0.833. The van der Waals surface area contributed by atoms with Gasteiger partial charge in [0.2, 0.25) is 18.2 Å². The summed E-state index contributed by atoms with van der Waals surface area (Å²) in [6, 6.07) is 20.9. The number of amides is 3. The number of fused-ring (bicyclic) bond motifs is 1. The third kappa shape index (κ3) is 11.1. The van der Waals surface area contributed by atoms with Gasteiger partial charge >= 0.3 is 0 Å². The topological polar surface area (TPSA) is 134 Å². The molecule has 0 spiro atoms. The van der Waals surface area contributed by atoms with Crippen LogP contribution in [0.3, 0.4) is 0 Å². The zero-order valence-corrected chi connectivity index (χ0v) is 24.6. The Balaban J connectivity index is 0.00000119. The van der Waals surface area contributed by atoms with Crippen LogP contribution in [0.25, 0.3) is 6.08 Å². The first kappa shape index (κ1) is 32.6. The summed E-state index contributed by atoms with van der Waals surface area (Å²) in [6.07, 6.45) is 9.06. The maximum atomic E-state index is 13.2. The van der Waals surface area contributed by atoms with Crippen molar-refractivity contribution in [1.29, 1.82) is 0 Å². The molecule has 1 aliphatic carbocycles. The largest absolute Gasteiger partial charge is 0.481 e. The minimum absolute atomic E-state index is 0.200. The van der Waals surface area contributed by atoms with E-state index >= 15 is 0 Å². The van der Waals surface area contributed by atoms with E-state index < -0.39 is 17.9 Å². The van der Waals surface area contributed by atoms with Crippen LogP contribution >= 0.6 is 0 Å². The number of carboxylic acid groups (broad SMARTS) is 1. The summed E-state index contributed by atoms with van der Waals surface area (Å²) >= 11 is 0. The molecule has 226 valence electrons. The lowest BCUT2D eigenvalue weighted by Gasteiger charge is -2.20. The Hall–Kier alpha value is -4.92. The molecule has 1 unspecified atom stereocenters. The quantitative estimate of drug-likeness (QED) is 0.217. The fraction of sp³-hybridized carbons (Fsp3) is 0.294. The highest BCUT2D eigenvalue weighted by Crippen LogP contribution is 2.24. The highest BCUT2D eigenvalue weighted by Gasteiger charge is 2.22. The molecule has 4 N–H and O–H groups in total. The Labute approximate surface area is 252 Å². The highest BCUT2D eigenvalue weighted by molar-refractivity contribution is 5.89. The van der Waals surface area contributed by atoms with Crippen molar-refractivity contribution < 1.29 is 29.0 Å². The first-order chi connectivity index (χ1) is 20.8. The predicted octanol–water partition coefficient (Wildman–Crippen LogP) is 4.57. The summed E-state index contributed by atoms with van der Waals surface area (Å²) in [5.41, 5.74) is 5.55. The molecule has 9 nitrogen and oxygen atoms in total. The lowest BCUT2D eigenvalue weighted by Crippen LogP contribution is -2.49. The van der Waals surface area contributed by atoms with Crippen LogP contribution in [0.15, 0.2) is 72.8 Å².